The number of nitrogens with two attached hydrogens (primary N) is 1. The normalized spacial score (nSPS) is 12.4. The molecule has 0 amide bonds. The van der Waals surface area contributed by atoms with Gasteiger partial charge in [0.25, 0.3) is 0 Å². The third-order valence-corrected chi connectivity index (χ3v) is 4.60. The van der Waals surface area contributed by atoms with Gasteiger partial charge in [-0.15, -0.1) is 0 Å². The molecular formula is C14H16BrN3S. The number of hydrogen-bond donors (Lipinski definition) is 1. The van der Waals surface area contributed by atoms with Crippen LogP contribution in [0.25, 0.3) is 0 Å². The van der Waals surface area contributed by atoms with Crippen molar-refractivity contribution in [2.24, 2.45) is 5.73 Å². The standard InChI is InChI=1S/C14H16BrN3S/c1-9-6-11(7-10(2)16)8-18-13(9)19-14-12(15)4-3-5-17-14/h3-6,8,10H,7,16H2,1-2H3. The van der Waals surface area contributed by atoms with Crippen LogP contribution in [0.15, 0.2) is 45.1 Å². The average Bonchev–Trinajstić information content (AvgIpc) is 2.34. The van der Waals surface area contributed by atoms with Gasteiger partial charge in [0.1, 0.15) is 10.1 Å². The number of aromatic nitrogens is 2. The van der Waals surface area contributed by atoms with E-state index in [4.69, 9.17) is 5.73 Å². The lowest BCUT2D eigenvalue weighted by Crippen LogP contribution is -2.17. The first-order valence-electron chi connectivity index (χ1n) is 6.05. The van der Waals surface area contributed by atoms with E-state index in [2.05, 4.69) is 38.9 Å². The smallest absolute Gasteiger partial charge is 0.116 e. The summed E-state index contributed by atoms with van der Waals surface area (Å²) in [4.78, 5) is 8.86. The lowest BCUT2D eigenvalue weighted by atomic mass is 10.1. The van der Waals surface area contributed by atoms with Crippen molar-refractivity contribution in [3.63, 3.8) is 0 Å². The first kappa shape index (κ1) is 14.5. The predicted octanol–water partition coefficient (Wildman–Crippen LogP) is 3.59. The van der Waals surface area contributed by atoms with E-state index in [9.17, 15) is 0 Å². The Kier molecular flexibility index (Phi) is 4.96. The zero-order valence-corrected chi connectivity index (χ0v) is 13.3. The Hall–Kier alpha value is -0.910. The molecule has 0 saturated heterocycles. The summed E-state index contributed by atoms with van der Waals surface area (Å²) in [6.45, 7) is 4.07. The summed E-state index contributed by atoms with van der Waals surface area (Å²) in [6, 6.07) is 6.19. The maximum atomic E-state index is 5.81. The number of halogens is 1. The minimum Gasteiger partial charge on any atom is -0.328 e. The van der Waals surface area contributed by atoms with Gasteiger partial charge in [-0.1, -0.05) is 6.07 Å². The molecule has 5 heteroatoms. The fraction of sp³-hybridized carbons (Fsp3) is 0.286. The van der Waals surface area contributed by atoms with Crippen molar-refractivity contribution in [1.82, 2.24) is 9.97 Å². The summed E-state index contributed by atoms with van der Waals surface area (Å²) in [7, 11) is 0. The van der Waals surface area contributed by atoms with Gasteiger partial charge in [-0.2, -0.15) is 0 Å². The van der Waals surface area contributed by atoms with E-state index in [1.165, 1.54) is 5.56 Å². The fourth-order valence-electron chi connectivity index (χ4n) is 1.75. The molecule has 19 heavy (non-hydrogen) atoms. The van der Waals surface area contributed by atoms with Gasteiger partial charge in [0, 0.05) is 18.4 Å². The van der Waals surface area contributed by atoms with E-state index in [1.807, 2.05) is 25.3 Å². The van der Waals surface area contributed by atoms with Crippen molar-refractivity contribution in [1.29, 1.82) is 0 Å². The molecule has 3 nitrogen and oxygen atoms in total. The van der Waals surface area contributed by atoms with Gasteiger partial charge in [-0.05, 0) is 71.2 Å². The highest BCUT2D eigenvalue weighted by molar-refractivity contribution is 9.10. The molecule has 0 radical (unpaired) electrons. The van der Waals surface area contributed by atoms with Crippen molar-refractivity contribution in [3.05, 3.63) is 46.2 Å². The number of hydrogen-bond acceptors (Lipinski definition) is 4. The molecule has 0 aliphatic rings. The average molecular weight is 338 g/mol. The Morgan fingerprint density at radius 3 is 2.79 bits per heavy atom. The summed E-state index contributed by atoms with van der Waals surface area (Å²) in [5.41, 5.74) is 8.14. The second kappa shape index (κ2) is 6.50. The van der Waals surface area contributed by atoms with Gasteiger partial charge in [0.15, 0.2) is 0 Å². The topological polar surface area (TPSA) is 51.8 Å². The van der Waals surface area contributed by atoms with Crippen LogP contribution >= 0.6 is 27.7 Å². The van der Waals surface area contributed by atoms with Gasteiger partial charge < -0.3 is 5.73 Å². The highest BCUT2D eigenvalue weighted by atomic mass is 79.9. The van der Waals surface area contributed by atoms with E-state index in [-0.39, 0.29) is 6.04 Å². The Balaban J connectivity index is 2.20. The SMILES string of the molecule is Cc1cc(CC(C)N)cnc1Sc1ncccc1Br. The van der Waals surface area contributed by atoms with Crippen LogP contribution in [0.3, 0.4) is 0 Å². The van der Waals surface area contributed by atoms with Crippen LogP contribution < -0.4 is 5.73 Å². The summed E-state index contributed by atoms with van der Waals surface area (Å²) in [5, 5.41) is 1.91. The molecule has 0 fully saturated rings. The molecule has 1 unspecified atom stereocenters. The maximum absolute atomic E-state index is 5.81. The molecule has 0 bridgehead atoms. The van der Waals surface area contributed by atoms with E-state index < -0.39 is 0 Å². The van der Waals surface area contributed by atoms with Gasteiger partial charge in [0.2, 0.25) is 0 Å². The first-order valence-corrected chi connectivity index (χ1v) is 7.66. The molecule has 0 aliphatic heterocycles. The minimum atomic E-state index is 0.157. The Bertz CT molecular complexity index is 572. The van der Waals surface area contributed by atoms with Crippen LogP contribution in [-0.4, -0.2) is 16.0 Å². The molecule has 1 atom stereocenters. The van der Waals surface area contributed by atoms with Gasteiger partial charge >= 0.3 is 0 Å². The van der Waals surface area contributed by atoms with E-state index in [0.29, 0.717) is 0 Å². The molecule has 0 aliphatic carbocycles. The van der Waals surface area contributed by atoms with Gasteiger partial charge in [-0.25, -0.2) is 9.97 Å². The molecule has 2 rings (SSSR count). The lowest BCUT2D eigenvalue weighted by molar-refractivity contribution is 0.733. The number of aryl methyl sites for hydroxylation is 1. The molecule has 2 heterocycles. The summed E-state index contributed by atoms with van der Waals surface area (Å²) < 4.78 is 0.987. The zero-order chi connectivity index (χ0) is 13.8. The lowest BCUT2D eigenvalue weighted by Gasteiger charge is -2.09. The summed E-state index contributed by atoms with van der Waals surface area (Å²) in [6.07, 6.45) is 4.54. The molecular weight excluding hydrogens is 322 g/mol. The van der Waals surface area contributed by atoms with Crippen LogP contribution in [0.2, 0.25) is 0 Å². The van der Waals surface area contributed by atoms with Crippen molar-refractivity contribution >= 4 is 27.7 Å². The second-order valence-electron chi connectivity index (χ2n) is 4.54. The highest BCUT2D eigenvalue weighted by Crippen LogP contribution is 2.32. The highest BCUT2D eigenvalue weighted by Gasteiger charge is 2.08. The predicted molar refractivity (Wildman–Crippen MR) is 82.4 cm³/mol. The van der Waals surface area contributed by atoms with Crippen molar-refractivity contribution in [2.75, 3.05) is 0 Å². The summed E-state index contributed by atoms with van der Waals surface area (Å²) >= 11 is 5.07. The molecule has 2 N–H and O–H groups in total. The zero-order valence-electron chi connectivity index (χ0n) is 10.9. The van der Waals surface area contributed by atoms with Crippen LogP contribution in [0, 0.1) is 6.92 Å². The van der Waals surface area contributed by atoms with Gasteiger partial charge in [0.05, 0.1) is 4.47 Å². The fourth-order valence-corrected chi connectivity index (χ4v) is 3.03. The molecule has 100 valence electrons. The molecule has 0 spiro atoms. The largest absolute Gasteiger partial charge is 0.328 e. The van der Waals surface area contributed by atoms with Crippen molar-refractivity contribution < 1.29 is 0 Å². The third kappa shape index (κ3) is 4.03. The number of rotatable bonds is 4. The second-order valence-corrected chi connectivity index (χ2v) is 6.37. The van der Waals surface area contributed by atoms with E-state index >= 15 is 0 Å². The van der Waals surface area contributed by atoms with Crippen LogP contribution in [0.1, 0.15) is 18.1 Å². The van der Waals surface area contributed by atoms with Crippen molar-refractivity contribution in [2.45, 2.75) is 36.4 Å². The quantitative estimate of drug-likeness (QED) is 0.926. The van der Waals surface area contributed by atoms with Crippen LogP contribution in [0.5, 0.6) is 0 Å². The molecule has 0 saturated carbocycles. The molecule has 2 aromatic heterocycles. The Morgan fingerprint density at radius 2 is 2.16 bits per heavy atom. The Morgan fingerprint density at radius 1 is 1.37 bits per heavy atom. The monoisotopic (exact) mass is 337 g/mol. The van der Waals surface area contributed by atoms with Crippen LogP contribution in [0.4, 0.5) is 0 Å². The van der Waals surface area contributed by atoms with Gasteiger partial charge in [-0.3, -0.25) is 0 Å². The Labute approximate surface area is 126 Å². The number of pyridine rings is 2. The third-order valence-electron chi connectivity index (χ3n) is 2.56. The molecule has 0 aromatic carbocycles. The van der Waals surface area contributed by atoms with Crippen LogP contribution in [-0.2, 0) is 6.42 Å². The first-order chi connectivity index (χ1) is 9.06. The minimum absolute atomic E-state index is 0.157. The summed E-state index contributed by atoms with van der Waals surface area (Å²) in [5.74, 6) is 0. The van der Waals surface area contributed by atoms with E-state index in [0.717, 1.165) is 26.5 Å². The molecule has 2 aromatic rings. The van der Waals surface area contributed by atoms with E-state index in [1.54, 1.807) is 18.0 Å². The maximum Gasteiger partial charge on any atom is 0.116 e. The number of nitrogens with zero attached hydrogens (tertiary/aromatic N) is 2. The van der Waals surface area contributed by atoms with Crippen molar-refractivity contribution in [3.8, 4) is 0 Å².